The van der Waals surface area contributed by atoms with E-state index in [1.165, 1.54) is 6.20 Å². The number of ether oxygens (including phenoxy) is 1. The molecule has 0 atom stereocenters. The first-order valence-corrected chi connectivity index (χ1v) is 8.72. The number of hydrogen-bond acceptors (Lipinski definition) is 7. The molecular formula is C19H19FN6O. The van der Waals surface area contributed by atoms with Gasteiger partial charge in [0.05, 0.1) is 17.1 Å². The third-order valence-corrected chi connectivity index (χ3v) is 4.61. The molecule has 0 aliphatic carbocycles. The number of nitrogens with zero attached hydrogens (tertiary/aromatic N) is 4. The van der Waals surface area contributed by atoms with E-state index in [1.54, 1.807) is 18.2 Å². The van der Waals surface area contributed by atoms with E-state index in [2.05, 4.69) is 19.9 Å². The van der Waals surface area contributed by atoms with Crippen molar-refractivity contribution in [2.24, 2.45) is 0 Å². The van der Waals surface area contributed by atoms with Gasteiger partial charge in [0.25, 0.3) is 0 Å². The van der Waals surface area contributed by atoms with Crippen LogP contribution in [0.2, 0.25) is 0 Å². The maximum Gasteiger partial charge on any atom is 0.220 e. The van der Waals surface area contributed by atoms with Crippen molar-refractivity contribution in [3.05, 3.63) is 48.0 Å². The van der Waals surface area contributed by atoms with Gasteiger partial charge in [0.15, 0.2) is 11.6 Å². The SMILES string of the molecule is Nc1nc(-c2cccc(-c3ccnc(N)c3F)n2)cc(C2CCOCC2)n1. The minimum atomic E-state index is -0.591. The standard InChI is InChI=1S/C19H19FN6O/c20-17-12(4-7-23-18(17)21)13-2-1-3-14(24-13)16-10-15(25-19(22)26-16)11-5-8-27-9-6-11/h1-4,7,10-11H,5-6,8-9H2,(H2,21,23)(H2,22,25,26). The van der Waals surface area contributed by atoms with Gasteiger partial charge in [-0.2, -0.15) is 0 Å². The van der Waals surface area contributed by atoms with Crippen LogP contribution >= 0.6 is 0 Å². The second-order valence-electron chi connectivity index (χ2n) is 6.39. The fourth-order valence-electron chi connectivity index (χ4n) is 3.20. The maximum atomic E-state index is 14.3. The van der Waals surface area contributed by atoms with Crippen molar-refractivity contribution in [1.29, 1.82) is 0 Å². The number of pyridine rings is 2. The smallest absolute Gasteiger partial charge is 0.220 e. The lowest BCUT2D eigenvalue weighted by molar-refractivity contribution is 0.0845. The molecule has 0 bridgehead atoms. The molecular weight excluding hydrogens is 347 g/mol. The summed E-state index contributed by atoms with van der Waals surface area (Å²) in [5.74, 6) is -0.274. The fraction of sp³-hybridized carbons (Fsp3) is 0.263. The predicted molar refractivity (Wildman–Crippen MR) is 100 cm³/mol. The van der Waals surface area contributed by atoms with Crippen LogP contribution in [0.3, 0.4) is 0 Å². The number of hydrogen-bond donors (Lipinski definition) is 2. The Morgan fingerprint density at radius 3 is 2.56 bits per heavy atom. The highest BCUT2D eigenvalue weighted by Gasteiger charge is 2.19. The van der Waals surface area contributed by atoms with E-state index in [0.29, 0.717) is 30.3 Å². The summed E-state index contributed by atoms with van der Waals surface area (Å²) in [6.45, 7) is 1.42. The van der Waals surface area contributed by atoms with E-state index in [4.69, 9.17) is 16.2 Å². The van der Waals surface area contributed by atoms with Crippen LogP contribution in [0.4, 0.5) is 16.2 Å². The van der Waals surface area contributed by atoms with Gasteiger partial charge >= 0.3 is 0 Å². The Bertz CT molecular complexity index is 974. The molecule has 0 unspecified atom stereocenters. The molecule has 7 nitrogen and oxygen atoms in total. The van der Waals surface area contributed by atoms with E-state index in [9.17, 15) is 4.39 Å². The lowest BCUT2D eigenvalue weighted by Crippen LogP contribution is -2.16. The van der Waals surface area contributed by atoms with Crippen LogP contribution in [-0.2, 0) is 4.74 Å². The highest BCUT2D eigenvalue weighted by atomic mass is 19.1. The van der Waals surface area contributed by atoms with E-state index < -0.39 is 5.82 Å². The van der Waals surface area contributed by atoms with Crippen LogP contribution in [0, 0.1) is 5.82 Å². The van der Waals surface area contributed by atoms with Crippen LogP contribution in [0.25, 0.3) is 22.6 Å². The van der Waals surface area contributed by atoms with E-state index in [-0.39, 0.29) is 23.2 Å². The van der Waals surface area contributed by atoms with Gasteiger partial charge in [-0.25, -0.2) is 24.3 Å². The minimum absolute atomic E-state index is 0.159. The van der Waals surface area contributed by atoms with Gasteiger partial charge in [-0.05, 0) is 37.1 Å². The summed E-state index contributed by atoms with van der Waals surface area (Å²) < 4.78 is 19.7. The first-order chi connectivity index (χ1) is 13.1. The highest BCUT2D eigenvalue weighted by Crippen LogP contribution is 2.30. The van der Waals surface area contributed by atoms with Crippen molar-refractivity contribution >= 4 is 11.8 Å². The average Bonchev–Trinajstić information content (AvgIpc) is 2.70. The van der Waals surface area contributed by atoms with Gasteiger partial charge in [-0.3, -0.25) is 0 Å². The molecule has 0 spiro atoms. The molecule has 27 heavy (non-hydrogen) atoms. The van der Waals surface area contributed by atoms with Gasteiger partial charge in [-0.1, -0.05) is 6.07 Å². The van der Waals surface area contributed by atoms with Gasteiger partial charge in [0.1, 0.15) is 0 Å². The number of nitrogens with two attached hydrogens (primary N) is 2. The molecule has 1 aliphatic heterocycles. The average molecular weight is 366 g/mol. The van der Waals surface area contributed by atoms with Crippen LogP contribution in [0.1, 0.15) is 24.5 Å². The minimum Gasteiger partial charge on any atom is -0.381 e. The largest absolute Gasteiger partial charge is 0.381 e. The number of rotatable bonds is 3. The summed E-state index contributed by atoms with van der Waals surface area (Å²) in [5, 5.41) is 0. The summed E-state index contributed by atoms with van der Waals surface area (Å²) >= 11 is 0. The molecule has 4 rings (SSSR count). The molecule has 0 saturated carbocycles. The lowest BCUT2D eigenvalue weighted by atomic mass is 9.95. The number of halogens is 1. The third kappa shape index (κ3) is 3.56. The molecule has 1 saturated heterocycles. The molecule has 1 aliphatic rings. The van der Waals surface area contributed by atoms with Crippen molar-refractivity contribution in [2.75, 3.05) is 24.7 Å². The highest BCUT2D eigenvalue weighted by molar-refractivity contribution is 5.67. The second kappa shape index (κ2) is 7.24. The molecule has 1 fully saturated rings. The van der Waals surface area contributed by atoms with Gasteiger partial charge in [-0.15, -0.1) is 0 Å². The van der Waals surface area contributed by atoms with Crippen LogP contribution in [0.15, 0.2) is 36.5 Å². The van der Waals surface area contributed by atoms with Gasteiger partial charge < -0.3 is 16.2 Å². The second-order valence-corrected chi connectivity index (χ2v) is 6.39. The Balaban J connectivity index is 1.74. The van der Waals surface area contributed by atoms with Crippen LogP contribution in [-0.4, -0.2) is 33.1 Å². The fourth-order valence-corrected chi connectivity index (χ4v) is 3.20. The molecule has 3 aromatic heterocycles. The monoisotopic (exact) mass is 366 g/mol. The molecule has 4 N–H and O–H groups in total. The van der Waals surface area contributed by atoms with Gasteiger partial charge in [0, 0.05) is 36.6 Å². The van der Waals surface area contributed by atoms with Crippen molar-refractivity contribution in [2.45, 2.75) is 18.8 Å². The summed E-state index contributed by atoms with van der Waals surface area (Å²) in [5.41, 5.74) is 14.3. The Hall–Kier alpha value is -3.13. The normalized spacial score (nSPS) is 15.0. The zero-order valence-electron chi connectivity index (χ0n) is 14.6. The van der Waals surface area contributed by atoms with Crippen molar-refractivity contribution in [3.8, 4) is 22.6 Å². The predicted octanol–water partition coefficient (Wildman–Crippen LogP) is 2.80. The molecule has 4 heterocycles. The Morgan fingerprint density at radius 2 is 1.74 bits per heavy atom. The number of nitrogen functional groups attached to an aromatic ring is 2. The van der Waals surface area contributed by atoms with Crippen molar-refractivity contribution in [3.63, 3.8) is 0 Å². The Morgan fingerprint density at radius 1 is 0.963 bits per heavy atom. The summed E-state index contributed by atoms with van der Waals surface area (Å²) in [7, 11) is 0. The van der Waals surface area contributed by atoms with Gasteiger partial charge in [0.2, 0.25) is 5.95 Å². The number of anilines is 2. The first kappa shape index (κ1) is 17.3. The van der Waals surface area contributed by atoms with E-state index >= 15 is 0 Å². The summed E-state index contributed by atoms with van der Waals surface area (Å²) in [6.07, 6.45) is 3.24. The molecule has 3 aromatic rings. The van der Waals surface area contributed by atoms with Crippen molar-refractivity contribution in [1.82, 2.24) is 19.9 Å². The molecule has 138 valence electrons. The molecule has 8 heteroatoms. The third-order valence-electron chi connectivity index (χ3n) is 4.61. The maximum absolute atomic E-state index is 14.3. The van der Waals surface area contributed by atoms with Crippen LogP contribution < -0.4 is 11.5 Å². The van der Waals surface area contributed by atoms with Crippen LogP contribution in [0.5, 0.6) is 0 Å². The lowest BCUT2D eigenvalue weighted by Gasteiger charge is -2.22. The molecule has 0 radical (unpaired) electrons. The quantitative estimate of drug-likeness (QED) is 0.733. The molecule has 0 amide bonds. The topological polar surface area (TPSA) is 113 Å². The summed E-state index contributed by atoms with van der Waals surface area (Å²) in [4.78, 5) is 17.0. The first-order valence-electron chi connectivity index (χ1n) is 8.72. The van der Waals surface area contributed by atoms with E-state index in [1.807, 2.05) is 12.1 Å². The zero-order chi connectivity index (χ0) is 18.8. The Labute approximate surface area is 155 Å². The Kier molecular flexibility index (Phi) is 4.64. The molecule has 0 aromatic carbocycles. The summed E-state index contributed by atoms with van der Waals surface area (Å²) in [6, 6.07) is 8.75. The van der Waals surface area contributed by atoms with E-state index in [0.717, 1.165) is 18.5 Å². The number of aromatic nitrogens is 4. The zero-order valence-corrected chi connectivity index (χ0v) is 14.6. The van der Waals surface area contributed by atoms with Crippen molar-refractivity contribution < 1.29 is 9.13 Å².